The van der Waals surface area contributed by atoms with Crippen LogP contribution in [0.1, 0.15) is 28.6 Å². The Hall–Kier alpha value is -1.88. The molecular weight excluding hydrogens is 263 g/mol. The van der Waals surface area contributed by atoms with Crippen molar-refractivity contribution in [2.24, 2.45) is 0 Å². The topological polar surface area (TPSA) is 55.1 Å². The molecule has 0 fully saturated rings. The normalized spacial score (nSPS) is 10.4. The third-order valence-electron chi connectivity index (χ3n) is 2.69. The van der Waals surface area contributed by atoms with Crippen molar-refractivity contribution in [1.29, 1.82) is 0 Å². The van der Waals surface area contributed by atoms with E-state index in [9.17, 15) is 9.18 Å². The number of hydrogen-bond acceptors (Lipinski definition) is 4. The van der Waals surface area contributed by atoms with Gasteiger partial charge in [-0.3, -0.25) is 4.79 Å². The van der Waals surface area contributed by atoms with Crippen molar-refractivity contribution >= 4 is 27.8 Å². The third-order valence-corrected chi connectivity index (χ3v) is 3.84. The molecule has 0 saturated carbocycles. The summed E-state index contributed by atoms with van der Waals surface area (Å²) < 4.78 is 13.0. The SMILES string of the molecule is CCC(=O)c1sc(NCc2cccc(F)c2)cc1N. The number of hydrogen-bond donors (Lipinski definition) is 2. The first kappa shape index (κ1) is 13.5. The molecule has 0 spiro atoms. The lowest BCUT2D eigenvalue weighted by atomic mass is 10.2. The summed E-state index contributed by atoms with van der Waals surface area (Å²) in [5.41, 5.74) is 7.14. The molecule has 100 valence electrons. The average Bonchev–Trinajstić information content (AvgIpc) is 2.77. The van der Waals surface area contributed by atoms with E-state index in [-0.39, 0.29) is 11.6 Å². The number of carbonyl (C=O) groups is 1. The molecule has 0 atom stereocenters. The number of benzene rings is 1. The molecule has 0 bridgehead atoms. The first-order valence-electron chi connectivity index (χ1n) is 6.01. The van der Waals surface area contributed by atoms with Gasteiger partial charge in [0.2, 0.25) is 0 Å². The largest absolute Gasteiger partial charge is 0.397 e. The second-order valence-electron chi connectivity index (χ2n) is 4.16. The van der Waals surface area contributed by atoms with Crippen molar-refractivity contribution in [3.63, 3.8) is 0 Å². The van der Waals surface area contributed by atoms with E-state index < -0.39 is 0 Å². The van der Waals surface area contributed by atoms with Gasteiger partial charge in [0.15, 0.2) is 5.78 Å². The number of carbonyl (C=O) groups excluding carboxylic acids is 1. The monoisotopic (exact) mass is 278 g/mol. The van der Waals surface area contributed by atoms with Gasteiger partial charge in [0.05, 0.1) is 15.6 Å². The van der Waals surface area contributed by atoms with Crippen LogP contribution >= 0.6 is 11.3 Å². The number of nitrogens with two attached hydrogens (primary N) is 1. The highest BCUT2D eigenvalue weighted by molar-refractivity contribution is 7.18. The van der Waals surface area contributed by atoms with E-state index in [0.717, 1.165) is 10.6 Å². The van der Waals surface area contributed by atoms with Gasteiger partial charge in [0, 0.05) is 13.0 Å². The number of Topliss-reactive ketones (excluding diaryl/α,β-unsaturated/α-hetero) is 1. The summed E-state index contributed by atoms with van der Waals surface area (Å²) in [5.74, 6) is -0.215. The summed E-state index contributed by atoms with van der Waals surface area (Å²) in [6, 6.07) is 8.13. The minimum Gasteiger partial charge on any atom is -0.397 e. The Morgan fingerprint density at radius 1 is 1.42 bits per heavy atom. The van der Waals surface area contributed by atoms with Crippen LogP contribution in [0.15, 0.2) is 30.3 Å². The fourth-order valence-electron chi connectivity index (χ4n) is 1.71. The molecule has 1 heterocycles. The Kier molecular flexibility index (Phi) is 4.16. The highest BCUT2D eigenvalue weighted by atomic mass is 32.1. The molecule has 1 aromatic heterocycles. The molecule has 2 rings (SSSR count). The maximum atomic E-state index is 13.0. The van der Waals surface area contributed by atoms with Crippen molar-refractivity contribution in [3.05, 3.63) is 46.6 Å². The molecule has 0 unspecified atom stereocenters. The van der Waals surface area contributed by atoms with Gasteiger partial charge >= 0.3 is 0 Å². The second kappa shape index (κ2) is 5.84. The van der Waals surface area contributed by atoms with Gasteiger partial charge in [0.25, 0.3) is 0 Å². The van der Waals surface area contributed by atoms with Gasteiger partial charge in [-0.25, -0.2) is 4.39 Å². The molecule has 0 amide bonds. The van der Waals surface area contributed by atoms with E-state index in [1.807, 2.05) is 6.07 Å². The van der Waals surface area contributed by atoms with Crippen molar-refractivity contribution in [2.45, 2.75) is 19.9 Å². The minimum absolute atomic E-state index is 0.0429. The Morgan fingerprint density at radius 3 is 2.89 bits per heavy atom. The molecule has 3 N–H and O–H groups in total. The van der Waals surface area contributed by atoms with E-state index in [1.54, 1.807) is 19.1 Å². The number of anilines is 2. The van der Waals surface area contributed by atoms with Crippen LogP contribution in [0.4, 0.5) is 15.1 Å². The highest BCUT2D eigenvalue weighted by Gasteiger charge is 2.12. The van der Waals surface area contributed by atoms with Crippen LogP contribution in [-0.2, 0) is 6.54 Å². The van der Waals surface area contributed by atoms with Gasteiger partial charge in [-0.15, -0.1) is 11.3 Å². The van der Waals surface area contributed by atoms with Crippen LogP contribution in [0.2, 0.25) is 0 Å². The molecule has 2 aromatic rings. The van der Waals surface area contributed by atoms with E-state index >= 15 is 0 Å². The molecule has 1 aromatic carbocycles. The first-order valence-corrected chi connectivity index (χ1v) is 6.82. The van der Waals surface area contributed by atoms with Crippen molar-refractivity contribution in [1.82, 2.24) is 0 Å². The van der Waals surface area contributed by atoms with Gasteiger partial charge < -0.3 is 11.1 Å². The zero-order valence-corrected chi connectivity index (χ0v) is 11.4. The first-order chi connectivity index (χ1) is 9.10. The smallest absolute Gasteiger partial charge is 0.174 e. The Morgan fingerprint density at radius 2 is 2.21 bits per heavy atom. The van der Waals surface area contributed by atoms with E-state index in [2.05, 4.69) is 5.32 Å². The molecular formula is C14H15FN2OS. The molecule has 0 aliphatic carbocycles. The third kappa shape index (κ3) is 3.32. The fraction of sp³-hybridized carbons (Fsp3) is 0.214. The highest BCUT2D eigenvalue weighted by Crippen LogP contribution is 2.30. The quantitative estimate of drug-likeness (QED) is 0.820. The molecule has 0 radical (unpaired) electrons. The van der Waals surface area contributed by atoms with Gasteiger partial charge in [0.1, 0.15) is 5.82 Å². The molecule has 0 saturated heterocycles. The summed E-state index contributed by atoms with van der Waals surface area (Å²) in [6.45, 7) is 2.30. The summed E-state index contributed by atoms with van der Waals surface area (Å²) in [6.07, 6.45) is 0.439. The number of ketones is 1. The number of nitrogen functional groups attached to an aromatic ring is 1. The predicted octanol–water partition coefficient (Wildman–Crippen LogP) is 3.67. The van der Waals surface area contributed by atoms with Crippen LogP contribution in [0.3, 0.4) is 0 Å². The molecule has 3 nitrogen and oxygen atoms in total. The lowest BCUT2D eigenvalue weighted by Gasteiger charge is -2.03. The molecule has 0 aliphatic heterocycles. The molecule has 0 aliphatic rings. The zero-order chi connectivity index (χ0) is 13.8. The van der Waals surface area contributed by atoms with Crippen LogP contribution in [0, 0.1) is 5.82 Å². The van der Waals surface area contributed by atoms with Crippen molar-refractivity contribution < 1.29 is 9.18 Å². The molecule has 19 heavy (non-hydrogen) atoms. The van der Waals surface area contributed by atoms with Crippen LogP contribution in [0.25, 0.3) is 0 Å². The van der Waals surface area contributed by atoms with Gasteiger partial charge in [-0.1, -0.05) is 19.1 Å². The van der Waals surface area contributed by atoms with Crippen molar-refractivity contribution in [3.8, 4) is 0 Å². The lowest BCUT2D eigenvalue weighted by Crippen LogP contribution is -1.97. The van der Waals surface area contributed by atoms with Crippen LogP contribution in [-0.4, -0.2) is 5.78 Å². The Balaban J connectivity index is 2.06. The summed E-state index contributed by atoms with van der Waals surface area (Å²) in [5, 5.41) is 3.97. The zero-order valence-electron chi connectivity index (χ0n) is 10.6. The van der Waals surface area contributed by atoms with Crippen molar-refractivity contribution in [2.75, 3.05) is 11.1 Å². The number of rotatable bonds is 5. The summed E-state index contributed by atoms with van der Waals surface area (Å²) >= 11 is 1.34. The molecule has 5 heteroatoms. The Bertz CT molecular complexity index is 595. The number of halogens is 1. The number of thiophene rings is 1. The maximum absolute atomic E-state index is 13.0. The van der Waals surface area contributed by atoms with E-state index in [0.29, 0.717) is 23.5 Å². The Labute approximate surface area is 115 Å². The average molecular weight is 278 g/mol. The maximum Gasteiger partial charge on any atom is 0.174 e. The van der Waals surface area contributed by atoms with Gasteiger partial charge in [-0.2, -0.15) is 0 Å². The standard InChI is InChI=1S/C14H15FN2OS/c1-2-12(18)14-11(16)7-13(19-14)17-8-9-4-3-5-10(15)6-9/h3-7,17H,2,8,16H2,1H3. The van der Waals surface area contributed by atoms with Gasteiger partial charge in [-0.05, 0) is 23.8 Å². The van der Waals surface area contributed by atoms with E-state index in [1.165, 1.54) is 23.5 Å². The van der Waals surface area contributed by atoms with Crippen LogP contribution in [0.5, 0.6) is 0 Å². The minimum atomic E-state index is -0.258. The lowest BCUT2D eigenvalue weighted by molar-refractivity contribution is 0.0993. The van der Waals surface area contributed by atoms with Crippen LogP contribution < -0.4 is 11.1 Å². The predicted molar refractivity (Wildman–Crippen MR) is 77.1 cm³/mol. The van der Waals surface area contributed by atoms with E-state index in [4.69, 9.17) is 5.73 Å². The summed E-state index contributed by atoms with van der Waals surface area (Å²) in [4.78, 5) is 12.2. The summed E-state index contributed by atoms with van der Waals surface area (Å²) in [7, 11) is 0. The number of nitrogens with one attached hydrogen (secondary N) is 1. The second-order valence-corrected chi connectivity index (χ2v) is 5.21. The fourth-order valence-corrected chi connectivity index (χ4v) is 2.69.